The molecule has 0 fully saturated rings. The monoisotopic (exact) mass is 268 g/mol. The third kappa shape index (κ3) is 2.11. The van der Waals surface area contributed by atoms with Gasteiger partial charge in [0.25, 0.3) is 5.56 Å². The quantitative estimate of drug-likeness (QED) is 0.795. The maximum Gasteiger partial charge on any atom is 0.281 e. The Kier molecular flexibility index (Phi) is 3.33. The fraction of sp³-hybridized carbons (Fsp3) is 0.267. The predicted octanol–water partition coefficient (Wildman–Crippen LogP) is 1.70. The van der Waals surface area contributed by atoms with Gasteiger partial charge in [-0.05, 0) is 6.42 Å². The van der Waals surface area contributed by atoms with Gasteiger partial charge < -0.3 is 4.90 Å². The maximum atomic E-state index is 12.6. The minimum atomic E-state index is -0.0741. The van der Waals surface area contributed by atoms with Gasteiger partial charge in [0.15, 0.2) is 5.69 Å². The molecule has 1 aliphatic heterocycles. The predicted molar refractivity (Wildman–Crippen MR) is 78.8 cm³/mol. The van der Waals surface area contributed by atoms with E-state index in [1.165, 1.54) is 0 Å². The van der Waals surface area contributed by atoms with Crippen molar-refractivity contribution in [1.82, 2.24) is 14.8 Å². The highest BCUT2D eigenvalue weighted by molar-refractivity contribution is 5.58. The van der Waals surface area contributed by atoms with Gasteiger partial charge in [0.05, 0.1) is 0 Å². The molecule has 0 N–H and O–H groups in total. The first-order chi connectivity index (χ1) is 9.81. The van der Waals surface area contributed by atoms with Crippen LogP contribution in [0.2, 0.25) is 0 Å². The molecule has 0 saturated heterocycles. The first kappa shape index (κ1) is 12.6. The number of fused-ring (bicyclic) bond motifs is 1. The normalized spacial score (nSPS) is 13.9. The van der Waals surface area contributed by atoms with E-state index in [2.05, 4.69) is 16.8 Å². The van der Waals surface area contributed by atoms with Crippen LogP contribution in [0.15, 0.2) is 47.8 Å². The summed E-state index contributed by atoms with van der Waals surface area (Å²) in [6.45, 7) is 5.99. The van der Waals surface area contributed by atoms with Crippen LogP contribution in [0.1, 0.15) is 6.42 Å². The van der Waals surface area contributed by atoms with Crippen LogP contribution in [0.4, 0.5) is 5.95 Å². The Labute approximate surface area is 117 Å². The molecule has 5 nitrogen and oxygen atoms in total. The average Bonchev–Trinajstić information content (AvgIpc) is 2.49. The number of hydrogen-bond donors (Lipinski definition) is 0. The SMILES string of the molecule is C=CCN1CCCn2c1nnc(-c1ccccc1)c2=O. The number of nitrogens with zero attached hydrogens (tertiary/aromatic N) is 4. The molecule has 0 bridgehead atoms. The van der Waals surface area contributed by atoms with E-state index in [9.17, 15) is 4.79 Å². The summed E-state index contributed by atoms with van der Waals surface area (Å²) in [6, 6.07) is 9.46. The van der Waals surface area contributed by atoms with Crippen molar-refractivity contribution in [2.24, 2.45) is 0 Å². The molecular formula is C15H16N4O. The van der Waals surface area contributed by atoms with Gasteiger partial charge in [-0.1, -0.05) is 36.4 Å². The second-order valence-corrected chi connectivity index (χ2v) is 4.76. The molecule has 1 aliphatic rings. The highest BCUT2D eigenvalue weighted by atomic mass is 16.1. The Bertz CT molecular complexity index is 678. The highest BCUT2D eigenvalue weighted by Crippen LogP contribution is 2.18. The van der Waals surface area contributed by atoms with E-state index in [1.54, 1.807) is 4.57 Å². The second-order valence-electron chi connectivity index (χ2n) is 4.76. The van der Waals surface area contributed by atoms with Crippen molar-refractivity contribution in [3.05, 3.63) is 53.3 Å². The van der Waals surface area contributed by atoms with Crippen LogP contribution in [0.25, 0.3) is 11.3 Å². The summed E-state index contributed by atoms with van der Waals surface area (Å²) in [7, 11) is 0. The molecule has 0 spiro atoms. The van der Waals surface area contributed by atoms with Gasteiger partial charge in [-0.3, -0.25) is 9.36 Å². The number of aromatic nitrogens is 3. The lowest BCUT2D eigenvalue weighted by molar-refractivity contribution is 0.534. The molecule has 0 amide bonds. The van der Waals surface area contributed by atoms with Crippen LogP contribution in [-0.4, -0.2) is 27.9 Å². The average molecular weight is 268 g/mol. The molecule has 1 aromatic carbocycles. The van der Waals surface area contributed by atoms with Crippen molar-refractivity contribution in [3.63, 3.8) is 0 Å². The molecule has 2 aromatic rings. The Morgan fingerprint density at radius 1 is 1.20 bits per heavy atom. The zero-order valence-corrected chi connectivity index (χ0v) is 11.2. The van der Waals surface area contributed by atoms with E-state index in [0.29, 0.717) is 24.7 Å². The highest BCUT2D eigenvalue weighted by Gasteiger charge is 2.21. The Morgan fingerprint density at radius 2 is 2.00 bits per heavy atom. The van der Waals surface area contributed by atoms with Crippen molar-refractivity contribution < 1.29 is 0 Å². The lowest BCUT2D eigenvalue weighted by Gasteiger charge is -2.29. The zero-order chi connectivity index (χ0) is 13.9. The molecule has 0 unspecified atom stereocenters. The van der Waals surface area contributed by atoms with Gasteiger partial charge in [0.2, 0.25) is 5.95 Å². The number of rotatable bonds is 3. The smallest absolute Gasteiger partial charge is 0.281 e. The van der Waals surface area contributed by atoms with E-state index in [4.69, 9.17) is 0 Å². The molecule has 3 rings (SSSR count). The van der Waals surface area contributed by atoms with Crippen LogP contribution >= 0.6 is 0 Å². The van der Waals surface area contributed by atoms with Crippen LogP contribution in [-0.2, 0) is 6.54 Å². The standard InChI is InChI=1S/C15H16N4O/c1-2-9-18-10-6-11-19-14(20)13(16-17-15(18)19)12-7-4-3-5-8-12/h2-5,7-8H,1,6,9-11H2. The number of anilines is 1. The van der Waals surface area contributed by atoms with Crippen molar-refractivity contribution in [3.8, 4) is 11.3 Å². The Morgan fingerprint density at radius 3 is 2.75 bits per heavy atom. The van der Waals surface area contributed by atoms with Gasteiger partial charge in [0.1, 0.15) is 0 Å². The topological polar surface area (TPSA) is 51.0 Å². The number of hydrogen-bond acceptors (Lipinski definition) is 4. The molecule has 0 aliphatic carbocycles. The third-order valence-electron chi connectivity index (χ3n) is 3.42. The van der Waals surface area contributed by atoms with Gasteiger partial charge in [-0.25, -0.2) is 0 Å². The minimum absolute atomic E-state index is 0.0741. The summed E-state index contributed by atoms with van der Waals surface area (Å²) < 4.78 is 1.71. The maximum absolute atomic E-state index is 12.6. The molecule has 0 atom stereocenters. The molecule has 102 valence electrons. The lowest BCUT2D eigenvalue weighted by atomic mass is 10.1. The van der Waals surface area contributed by atoms with Crippen molar-refractivity contribution in [2.45, 2.75) is 13.0 Å². The summed E-state index contributed by atoms with van der Waals surface area (Å²) in [5, 5.41) is 8.38. The second kappa shape index (κ2) is 5.28. The van der Waals surface area contributed by atoms with Gasteiger partial charge in [-0.15, -0.1) is 16.8 Å². The van der Waals surface area contributed by atoms with E-state index in [-0.39, 0.29) is 5.56 Å². The number of benzene rings is 1. The summed E-state index contributed by atoms with van der Waals surface area (Å²) in [5.41, 5.74) is 1.14. The molecule has 0 radical (unpaired) electrons. The molecule has 5 heteroatoms. The van der Waals surface area contributed by atoms with Gasteiger partial charge in [-0.2, -0.15) is 0 Å². The van der Waals surface area contributed by atoms with Crippen LogP contribution in [0.5, 0.6) is 0 Å². The molecule has 20 heavy (non-hydrogen) atoms. The van der Waals surface area contributed by atoms with Crippen LogP contribution in [0.3, 0.4) is 0 Å². The van der Waals surface area contributed by atoms with E-state index in [0.717, 1.165) is 18.5 Å². The fourth-order valence-electron chi connectivity index (χ4n) is 2.47. The first-order valence-corrected chi connectivity index (χ1v) is 6.70. The van der Waals surface area contributed by atoms with Gasteiger partial charge in [0, 0.05) is 25.2 Å². The van der Waals surface area contributed by atoms with Crippen LogP contribution in [0, 0.1) is 0 Å². The summed E-state index contributed by atoms with van der Waals surface area (Å²) >= 11 is 0. The molecule has 0 saturated carbocycles. The summed E-state index contributed by atoms with van der Waals surface area (Å²) in [6.07, 6.45) is 2.74. The summed E-state index contributed by atoms with van der Waals surface area (Å²) in [4.78, 5) is 14.6. The molecule has 1 aromatic heterocycles. The zero-order valence-electron chi connectivity index (χ0n) is 11.2. The van der Waals surface area contributed by atoms with E-state index < -0.39 is 0 Å². The molecular weight excluding hydrogens is 252 g/mol. The largest absolute Gasteiger partial charge is 0.337 e. The van der Waals surface area contributed by atoms with E-state index in [1.807, 2.05) is 41.3 Å². The van der Waals surface area contributed by atoms with Gasteiger partial charge >= 0.3 is 0 Å². The Balaban J connectivity index is 2.10. The third-order valence-corrected chi connectivity index (χ3v) is 3.42. The van der Waals surface area contributed by atoms with Crippen molar-refractivity contribution in [1.29, 1.82) is 0 Å². The van der Waals surface area contributed by atoms with Crippen LogP contribution < -0.4 is 10.5 Å². The lowest BCUT2D eigenvalue weighted by Crippen LogP contribution is -2.39. The Hall–Kier alpha value is -2.43. The van der Waals surface area contributed by atoms with Crippen molar-refractivity contribution >= 4 is 5.95 Å². The van der Waals surface area contributed by atoms with E-state index >= 15 is 0 Å². The minimum Gasteiger partial charge on any atom is -0.337 e. The molecule has 2 heterocycles. The first-order valence-electron chi connectivity index (χ1n) is 6.70. The van der Waals surface area contributed by atoms with Crippen molar-refractivity contribution in [2.75, 3.05) is 18.0 Å². The summed E-state index contributed by atoms with van der Waals surface area (Å²) in [5.74, 6) is 0.640. The fourth-order valence-corrected chi connectivity index (χ4v) is 2.47.